The molecule has 6 heteroatoms. The molecule has 0 bridgehead atoms. The molecule has 0 amide bonds. The molecule has 43 heavy (non-hydrogen) atoms. The number of aliphatic hydroxyl groups excluding tert-OH is 4. The summed E-state index contributed by atoms with van der Waals surface area (Å²) in [7, 11) is 0. The van der Waals surface area contributed by atoms with Crippen molar-refractivity contribution >= 4 is 5.97 Å². The van der Waals surface area contributed by atoms with Crippen LogP contribution in [0.2, 0.25) is 0 Å². The van der Waals surface area contributed by atoms with Gasteiger partial charge in [0.05, 0.1) is 24.4 Å². The fourth-order valence-corrected chi connectivity index (χ4v) is 6.22. The monoisotopic (exact) mass is 611 g/mol. The van der Waals surface area contributed by atoms with Crippen LogP contribution in [0.1, 0.15) is 187 Å². The van der Waals surface area contributed by atoms with Crippen molar-refractivity contribution in [2.45, 2.75) is 218 Å². The van der Waals surface area contributed by atoms with Gasteiger partial charge in [0.25, 0.3) is 0 Å². The highest BCUT2D eigenvalue weighted by atomic mass is 16.5. The molecule has 254 valence electrons. The topological polar surface area (TPSA) is 107 Å². The second-order valence-corrected chi connectivity index (χ2v) is 13.4. The van der Waals surface area contributed by atoms with E-state index >= 15 is 0 Å². The third kappa shape index (κ3) is 22.2. The molecule has 0 saturated heterocycles. The van der Waals surface area contributed by atoms with Gasteiger partial charge in [0, 0.05) is 5.57 Å². The highest BCUT2D eigenvalue weighted by Gasteiger charge is 2.21. The number of rotatable bonds is 31. The Morgan fingerprint density at radius 1 is 0.535 bits per heavy atom. The molecule has 6 nitrogen and oxygen atoms in total. The zero-order valence-corrected chi connectivity index (χ0v) is 28.2. The third-order valence-corrected chi connectivity index (χ3v) is 9.18. The lowest BCUT2D eigenvalue weighted by Crippen LogP contribution is -2.27. The lowest BCUT2D eigenvalue weighted by Gasteiger charge is -2.20. The van der Waals surface area contributed by atoms with Gasteiger partial charge in [-0.1, -0.05) is 142 Å². The Bertz CT molecular complexity index is 680. The Hall–Kier alpha value is -0.950. The van der Waals surface area contributed by atoms with Crippen LogP contribution in [0, 0.1) is 0 Å². The summed E-state index contributed by atoms with van der Waals surface area (Å²) >= 11 is 0. The van der Waals surface area contributed by atoms with Gasteiger partial charge in [-0.25, -0.2) is 4.79 Å². The number of carbonyl (C=O) groups is 1. The average molecular weight is 611 g/mol. The highest BCUT2D eigenvalue weighted by molar-refractivity contribution is 5.90. The van der Waals surface area contributed by atoms with Crippen molar-refractivity contribution in [3.05, 3.63) is 11.6 Å². The van der Waals surface area contributed by atoms with Crippen molar-refractivity contribution in [1.29, 1.82) is 0 Å². The standard InChI is InChI=1S/C37H70O6/c1-3-4-5-6-7-15-18-21-26-33(38)35(40)28-23-24-29-36(41)34(39)27-22-19-16-13-11-9-8-10-12-14-17-20-25-32-30-31(2)43-37(32)42/h30-31,33-36,38-41H,3-29H2,1-2H3. The van der Waals surface area contributed by atoms with E-state index in [1.807, 2.05) is 13.0 Å². The molecule has 0 spiro atoms. The molecule has 0 aromatic heterocycles. The summed E-state index contributed by atoms with van der Waals surface area (Å²) in [5.74, 6) is -0.123. The summed E-state index contributed by atoms with van der Waals surface area (Å²) in [6.45, 7) is 4.14. The van der Waals surface area contributed by atoms with E-state index in [4.69, 9.17) is 4.74 Å². The zero-order valence-electron chi connectivity index (χ0n) is 28.2. The first-order valence-electron chi connectivity index (χ1n) is 18.5. The Labute approximate surface area is 265 Å². The Balaban J connectivity index is 1.85. The molecule has 1 aliphatic heterocycles. The first-order valence-corrected chi connectivity index (χ1v) is 18.5. The minimum atomic E-state index is -0.695. The lowest BCUT2D eigenvalue weighted by atomic mass is 9.97. The summed E-state index contributed by atoms with van der Waals surface area (Å²) in [6, 6.07) is 0. The van der Waals surface area contributed by atoms with Gasteiger partial charge in [-0.05, 0) is 51.5 Å². The quantitative estimate of drug-likeness (QED) is 0.0461. The van der Waals surface area contributed by atoms with Crippen LogP contribution in [0.3, 0.4) is 0 Å². The fraction of sp³-hybridized carbons (Fsp3) is 0.919. The summed E-state index contributed by atoms with van der Waals surface area (Å²) in [6.07, 6.45) is 28.3. The molecule has 5 atom stereocenters. The lowest BCUT2D eigenvalue weighted by molar-refractivity contribution is -0.139. The Kier molecular flexibility index (Phi) is 25.5. The molecular weight excluding hydrogens is 540 g/mol. The third-order valence-electron chi connectivity index (χ3n) is 9.18. The van der Waals surface area contributed by atoms with E-state index < -0.39 is 24.4 Å². The summed E-state index contributed by atoms with van der Waals surface area (Å²) in [5, 5.41) is 41.1. The molecule has 0 fully saturated rings. The van der Waals surface area contributed by atoms with E-state index in [0.29, 0.717) is 25.7 Å². The number of cyclic esters (lactones) is 1. The van der Waals surface area contributed by atoms with Gasteiger partial charge in [0.15, 0.2) is 0 Å². The van der Waals surface area contributed by atoms with Gasteiger partial charge in [-0.3, -0.25) is 0 Å². The number of hydrogen-bond acceptors (Lipinski definition) is 6. The van der Waals surface area contributed by atoms with Crippen LogP contribution >= 0.6 is 0 Å². The van der Waals surface area contributed by atoms with Crippen molar-refractivity contribution in [3.8, 4) is 0 Å². The summed E-state index contributed by atoms with van der Waals surface area (Å²) in [5.41, 5.74) is 0.863. The minimum Gasteiger partial charge on any atom is -0.455 e. The fourth-order valence-electron chi connectivity index (χ4n) is 6.22. The number of carbonyl (C=O) groups excluding carboxylic acids is 1. The second-order valence-electron chi connectivity index (χ2n) is 13.4. The van der Waals surface area contributed by atoms with Crippen molar-refractivity contribution in [3.63, 3.8) is 0 Å². The van der Waals surface area contributed by atoms with Crippen LogP contribution < -0.4 is 0 Å². The molecule has 0 saturated carbocycles. The number of ether oxygens (including phenoxy) is 1. The van der Waals surface area contributed by atoms with Gasteiger partial charge in [-0.15, -0.1) is 0 Å². The van der Waals surface area contributed by atoms with Gasteiger partial charge >= 0.3 is 5.97 Å². The van der Waals surface area contributed by atoms with Gasteiger partial charge < -0.3 is 25.2 Å². The molecular formula is C37H70O6. The summed E-state index contributed by atoms with van der Waals surface area (Å²) in [4.78, 5) is 11.6. The van der Waals surface area contributed by atoms with Crippen molar-refractivity contribution in [2.24, 2.45) is 0 Å². The van der Waals surface area contributed by atoms with Crippen molar-refractivity contribution in [2.75, 3.05) is 0 Å². The van der Waals surface area contributed by atoms with E-state index in [1.54, 1.807) is 0 Å². The van der Waals surface area contributed by atoms with E-state index in [-0.39, 0.29) is 12.1 Å². The van der Waals surface area contributed by atoms with E-state index in [9.17, 15) is 25.2 Å². The molecule has 0 aliphatic carbocycles. The first-order chi connectivity index (χ1) is 20.8. The normalized spacial score (nSPS) is 18.0. The predicted octanol–water partition coefficient (Wildman–Crippen LogP) is 8.85. The van der Waals surface area contributed by atoms with Gasteiger partial charge in [0.2, 0.25) is 0 Å². The van der Waals surface area contributed by atoms with Crippen LogP contribution in [-0.2, 0) is 9.53 Å². The van der Waals surface area contributed by atoms with E-state index in [1.165, 1.54) is 96.3 Å². The maximum Gasteiger partial charge on any atom is 0.334 e. The summed E-state index contributed by atoms with van der Waals surface area (Å²) < 4.78 is 5.14. The average Bonchev–Trinajstić information content (AvgIpc) is 3.32. The maximum absolute atomic E-state index is 11.6. The maximum atomic E-state index is 11.6. The largest absolute Gasteiger partial charge is 0.455 e. The minimum absolute atomic E-state index is 0.0504. The van der Waals surface area contributed by atoms with Crippen LogP contribution in [0.5, 0.6) is 0 Å². The molecule has 1 aliphatic rings. The van der Waals surface area contributed by atoms with Crippen LogP contribution in [0.4, 0.5) is 0 Å². The molecule has 0 aromatic carbocycles. The number of unbranched alkanes of at least 4 members (excludes halogenated alkanes) is 19. The van der Waals surface area contributed by atoms with Gasteiger partial charge in [0.1, 0.15) is 6.10 Å². The molecule has 1 heterocycles. The Morgan fingerprint density at radius 2 is 0.837 bits per heavy atom. The van der Waals surface area contributed by atoms with Crippen LogP contribution in [0.15, 0.2) is 11.6 Å². The van der Waals surface area contributed by atoms with Crippen molar-refractivity contribution in [1.82, 2.24) is 0 Å². The number of esters is 1. The molecule has 4 N–H and O–H groups in total. The molecule has 0 radical (unpaired) electrons. The second kappa shape index (κ2) is 27.4. The molecule has 1 rings (SSSR count). The van der Waals surface area contributed by atoms with E-state index in [0.717, 1.165) is 56.9 Å². The molecule has 0 aromatic rings. The van der Waals surface area contributed by atoms with Crippen molar-refractivity contribution < 1.29 is 30.0 Å². The predicted molar refractivity (Wildman–Crippen MR) is 178 cm³/mol. The number of aliphatic hydroxyl groups is 4. The SMILES string of the molecule is CCCCCCCCCCC(O)C(O)CCCCC(O)C(O)CCCCCCCCCCCCCCC1=CC(C)OC1=O. The first kappa shape index (κ1) is 40.1. The zero-order chi connectivity index (χ0) is 31.5. The Morgan fingerprint density at radius 3 is 1.16 bits per heavy atom. The van der Waals surface area contributed by atoms with Crippen LogP contribution in [-0.4, -0.2) is 56.9 Å². The van der Waals surface area contributed by atoms with Gasteiger partial charge in [-0.2, -0.15) is 0 Å². The molecule has 5 unspecified atom stereocenters. The van der Waals surface area contributed by atoms with E-state index in [2.05, 4.69) is 6.92 Å². The highest BCUT2D eigenvalue weighted by Crippen LogP contribution is 2.21. The smallest absolute Gasteiger partial charge is 0.334 e. The number of hydrogen-bond donors (Lipinski definition) is 4. The van der Waals surface area contributed by atoms with Crippen LogP contribution in [0.25, 0.3) is 0 Å².